The highest BCUT2D eigenvalue weighted by atomic mass is 16.5. The van der Waals surface area contributed by atoms with E-state index >= 15 is 0 Å². The topological polar surface area (TPSA) is 52.3 Å². The minimum absolute atomic E-state index is 0.145. The molecule has 0 aliphatic heterocycles. The quantitative estimate of drug-likeness (QED) is 0.242. The molecule has 0 radical (unpaired) electrons. The van der Waals surface area contributed by atoms with E-state index < -0.39 is 5.41 Å². The molecule has 0 aliphatic carbocycles. The third kappa shape index (κ3) is 7.11. The molecular formula is C23H39NO2. The molecule has 3 heteroatoms. The molecule has 1 aromatic carbocycles. The molecule has 0 fully saturated rings. The van der Waals surface area contributed by atoms with E-state index in [1.54, 1.807) is 0 Å². The maximum Gasteiger partial charge on any atom is 0.319 e. The molecule has 0 bridgehead atoms. The number of nitrogens with two attached hydrogens (primary N) is 1. The van der Waals surface area contributed by atoms with Crippen LogP contribution in [0.1, 0.15) is 91.4 Å². The van der Waals surface area contributed by atoms with Gasteiger partial charge in [0.05, 0.1) is 5.41 Å². The van der Waals surface area contributed by atoms with E-state index in [1.165, 1.54) is 44.9 Å². The van der Waals surface area contributed by atoms with Crippen LogP contribution in [0.4, 0.5) is 0 Å². The Labute approximate surface area is 160 Å². The predicted molar refractivity (Wildman–Crippen MR) is 110 cm³/mol. The van der Waals surface area contributed by atoms with Crippen molar-refractivity contribution in [3.8, 4) is 5.75 Å². The first-order chi connectivity index (χ1) is 12.6. The van der Waals surface area contributed by atoms with E-state index in [1.807, 2.05) is 44.2 Å². The van der Waals surface area contributed by atoms with Gasteiger partial charge in [0, 0.05) is 6.04 Å². The largest absolute Gasteiger partial charge is 0.426 e. The first kappa shape index (κ1) is 22.7. The van der Waals surface area contributed by atoms with Crippen LogP contribution in [0.2, 0.25) is 0 Å². The standard InChI is InChI=1S/C23H39NO2/c1-4-7-8-9-10-11-12-16-19-21(24)23(5-2,6-3)22(25)26-20-17-14-13-15-18-20/h13-15,17-18,21H,4-12,16,19,24H2,1-3H3. The summed E-state index contributed by atoms with van der Waals surface area (Å²) in [6.45, 7) is 6.34. The second-order valence-corrected chi connectivity index (χ2v) is 7.44. The zero-order chi connectivity index (χ0) is 19.3. The molecule has 0 spiro atoms. The van der Waals surface area contributed by atoms with Crippen molar-refractivity contribution in [2.75, 3.05) is 0 Å². The van der Waals surface area contributed by atoms with Gasteiger partial charge in [-0.15, -0.1) is 0 Å². The van der Waals surface area contributed by atoms with Crippen molar-refractivity contribution in [2.24, 2.45) is 11.1 Å². The first-order valence-corrected chi connectivity index (χ1v) is 10.6. The van der Waals surface area contributed by atoms with Crippen LogP contribution in [-0.4, -0.2) is 12.0 Å². The van der Waals surface area contributed by atoms with E-state index in [0.29, 0.717) is 18.6 Å². The van der Waals surface area contributed by atoms with Crippen LogP contribution >= 0.6 is 0 Å². The lowest BCUT2D eigenvalue weighted by Gasteiger charge is -2.35. The molecular weight excluding hydrogens is 322 g/mol. The van der Waals surface area contributed by atoms with Crippen LogP contribution in [0.5, 0.6) is 5.75 Å². The molecule has 26 heavy (non-hydrogen) atoms. The maximum absolute atomic E-state index is 12.9. The average molecular weight is 362 g/mol. The summed E-state index contributed by atoms with van der Waals surface area (Å²) in [5, 5.41) is 0. The monoisotopic (exact) mass is 361 g/mol. The Morgan fingerprint density at radius 1 is 0.923 bits per heavy atom. The van der Waals surface area contributed by atoms with Gasteiger partial charge in [-0.1, -0.05) is 90.3 Å². The Balaban J connectivity index is 2.46. The highest BCUT2D eigenvalue weighted by Gasteiger charge is 2.42. The van der Waals surface area contributed by atoms with Gasteiger partial charge in [0.1, 0.15) is 5.75 Å². The normalized spacial score (nSPS) is 12.8. The van der Waals surface area contributed by atoms with Gasteiger partial charge in [-0.2, -0.15) is 0 Å². The van der Waals surface area contributed by atoms with Gasteiger partial charge in [-0.3, -0.25) is 4.79 Å². The van der Waals surface area contributed by atoms with Gasteiger partial charge in [-0.05, 0) is 31.4 Å². The Bertz CT molecular complexity index is 482. The number of benzene rings is 1. The van der Waals surface area contributed by atoms with Gasteiger partial charge in [0.2, 0.25) is 0 Å². The molecule has 1 atom stereocenters. The summed E-state index contributed by atoms with van der Waals surface area (Å²) in [6, 6.07) is 9.16. The number of carbonyl (C=O) groups is 1. The lowest BCUT2D eigenvalue weighted by molar-refractivity contribution is -0.148. The fourth-order valence-corrected chi connectivity index (χ4v) is 3.69. The third-order valence-electron chi connectivity index (χ3n) is 5.70. The smallest absolute Gasteiger partial charge is 0.319 e. The van der Waals surface area contributed by atoms with Gasteiger partial charge in [0.25, 0.3) is 0 Å². The molecule has 0 saturated carbocycles. The molecule has 1 rings (SSSR count). The lowest BCUT2D eigenvalue weighted by Crippen LogP contribution is -2.48. The zero-order valence-corrected chi connectivity index (χ0v) is 17.1. The number of hydrogen-bond donors (Lipinski definition) is 1. The van der Waals surface area contributed by atoms with Crippen LogP contribution in [0, 0.1) is 5.41 Å². The highest BCUT2D eigenvalue weighted by molar-refractivity contribution is 5.80. The van der Waals surface area contributed by atoms with Gasteiger partial charge < -0.3 is 10.5 Å². The van der Waals surface area contributed by atoms with E-state index in [2.05, 4.69) is 6.92 Å². The van der Waals surface area contributed by atoms with Crippen molar-refractivity contribution in [3.63, 3.8) is 0 Å². The first-order valence-electron chi connectivity index (χ1n) is 10.6. The fraction of sp³-hybridized carbons (Fsp3) is 0.696. The number of rotatable bonds is 14. The zero-order valence-electron chi connectivity index (χ0n) is 17.1. The molecule has 1 unspecified atom stereocenters. The Kier molecular flexibility index (Phi) is 11.3. The van der Waals surface area contributed by atoms with Gasteiger partial charge in [-0.25, -0.2) is 0 Å². The summed E-state index contributed by atoms with van der Waals surface area (Å²) in [6.07, 6.45) is 12.6. The molecule has 2 N–H and O–H groups in total. The number of carbonyl (C=O) groups excluding carboxylic acids is 1. The average Bonchev–Trinajstić information content (AvgIpc) is 2.66. The molecule has 0 heterocycles. The molecule has 3 nitrogen and oxygen atoms in total. The Morgan fingerprint density at radius 2 is 1.46 bits per heavy atom. The van der Waals surface area contributed by atoms with E-state index in [9.17, 15) is 4.79 Å². The number of para-hydroxylation sites is 1. The minimum atomic E-state index is -0.586. The van der Waals surface area contributed by atoms with E-state index in [0.717, 1.165) is 12.8 Å². The summed E-state index contributed by atoms with van der Waals surface area (Å²) in [5.74, 6) is 0.420. The van der Waals surface area contributed by atoms with Crippen LogP contribution in [0.25, 0.3) is 0 Å². The summed E-state index contributed by atoms with van der Waals surface area (Å²) >= 11 is 0. The second kappa shape index (κ2) is 12.9. The Morgan fingerprint density at radius 3 is 2.00 bits per heavy atom. The molecule has 0 amide bonds. The number of unbranched alkanes of at least 4 members (excludes halogenated alkanes) is 7. The van der Waals surface area contributed by atoms with Crippen molar-refractivity contribution < 1.29 is 9.53 Å². The van der Waals surface area contributed by atoms with Crippen LogP contribution in [-0.2, 0) is 4.79 Å². The fourth-order valence-electron chi connectivity index (χ4n) is 3.69. The van der Waals surface area contributed by atoms with Gasteiger partial charge >= 0.3 is 5.97 Å². The molecule has 0 aromatic heterocycles. The molecule has 1 aromatic rings. The van der Waals surface area contributed by atoms with Crippen molar-refractivity contribution >= 4 is 5.97 Å². The second-order valence-electron chi connectivity index (χ2n) is 7.44. The molecule has 148 valence electrons. The Hall–Kier alpha value is -1.35. The third-order valence-corrected chi connectivity index (χ3v) is 5.70. The van der Waals surface area contributed by atoms with Crippen molar-refractivity contribution in [1.29, 1.82) is 0 Å². The molecule has 0 saturated heterocycles. The SMILES string of the molecule is CCCCCCCCCCC(N)C(CC)(CC)C(=O)Oc1ccccc1. The van der Waals surface area contributed by atoms with Crippen LogP contribution in [0.3, 0.4) is 0 Å². The number of esters is 1. The van der Waals surface area contributed by atoms with Crippen LogP contribution in [0.15, 0.2) is 30.3 Å². The summed E-state index contributed by atoms with van der Waals surface area (Å²) in [4.78, 5) is 12.9. The van der Waals surface area contributed by atoms with E-state index in [4.69, 9.17) is 10.5 Å². The van der Waals surface area contributed by atoms with E-state index in [-0.39, 0.29) is 12.0 Å². The maximum atomic E-state index is 12.9. The summed E-state index contributed by atoms with van der Waals surface area (Å²) in [5.41, 5.74) is 5.92. The predicted octanol–water partition coefficient (Wildman–Crippen LogP) is 6.26. The summed E-state index contributed by atoms with van der Waals surface area (Å²) < 4.78 is 5.65. The summed E-state index contributed by atoms with van der Waals surface area (Å²) in [7, 11) is 0. The minimum Gasteiger partial charge on any atom is -0.426 e. The van der Waals surface area contributed by atoms with Crippen molar-refractivity contribution in [2.45, 2.75) is 97.4 Å². The highest BCUT2D eigenvalue weighted by Crippen LogP contribution is 2.34. The van der Waals surface area contributed by atoms with Crippen LogP contribution < -0.4 is 10.5 Å². The van der Waals surface area contributed by atoms with Gasteiger partial charge in [0.15, 0.2) is 0 Å². The number of ether oxygens (including phenoxy) is 1. The number of hydrogen-bond acceptors (Lipinski definition) is 3. The van der Waals surface area contributed by atoms with Crippen molar-refractivity contribution in [1.82, 2.24) is 0 Å². The van der Waals surface area contributed by atoms with Crippen molar-refractivity contribution in [3.05, 3.63) is 30.3 Å². The lowest BCUT2D eigenvalue weighted by atomic mass is 9.74. The molecule has 0 aliphatic rings.